The van der Waals surface area contributed by atoms with Crippen molar-refractivity contribution in [2.75, 3.05) is 19.8 Å². The lowest BCUT2D eigenvalue weighted by molar-refractivity contribution is -0.128. The highest BCUT2D eigenvalue weighted by Gasteiger charge is 2.49. The van der Waals surface area contributed by atoms with E-state index in [-0.39, 0.29) is 18.3 Å². The normalized spacial score (nSPS) is 18.7. The summed E-state index contributed by atoms with van der Waals surface area (Å²) in [6.07, 6.45) is 4.83. The Hall–Kier alpha value is -3.97. The van der Waals surface area contributed by atoms with Crippen LogP contribution in [0.3, 0.4) is 0 Å². The number of amides is 1. The first-order valence-electron chi connectivity index (χ1n) is 12.8. The number of halogens is 1. The van der Waals surface area contributed by atoms with Gasteiger partial charge in [-0.05, 0) is 60.9 Å². The number of ether oxygens (including phenoxy) is 2. The van der Waals surface area contributed by atoms with Gasteiger partial charge in [0.15, 0.2) is 5.54 Å². The van der Waals surface area contributed by atoms with E-state index in [1.165, 1.54) is 12.1 Å². The van der Waals surface area contributed by atoms with Gasteiger partial charge in [0.05, 0.1) is 6.61 Å². The van der Waals surface area contributed by atoms with Gasteiger partial charge < -0.3 is 19.9 Å². The maximum absolute atomic E-state index is 13.6. The highest BCUT2D eigenvalue weighted by molar-refractivity contribution is 6.00. The minimum atomic E-state index is -1.15. The number of benzene rings is 3. The SMILES string of the molecule is C[C@H]1OC(c2ccc(OCCCO)cc2)=N[C@@]1(C/C=C/c1ccccc1)C(=O)NCCc1cccc(F)c1. The highest BCUT2D eigenvalue weighted by Crippen LogP contribution is 2.33. The lowest BCUT2D eigenvalue weighted by Crippen LogP contribution is -2.51. The molecule has 2 atom stereocenters. The Balaban J connectivity index is 1.53. The molecule has 2 N–H and O–H groups in total. The molecule has 6 nitrogen and oxygen atoms in total. The summed E-state index contributed by atoms with van der Waals surface area (Å²) in [5.74, 6) is 0.542. The predicted octanol–water partition coefficient (Wildman–Crippen LogP) is 4.95. The second kappa shape index (κ2) is 13.0. The molecular weight excluding hydrogens is 483 g/mol. The van der Waals surface area contributed by atoms with E-state index in [9.17, 15) is 9.18 Å². The highest BCUT2D eigenvalue weighted by atomic mass is 19.1. The van der Waals surface area contributed by atoms with Crippen LogP contribution in [-0.4, -0.2) is 48.3 Å². The van der Waals surface area contributed by atoms with Gasteiger partial charge in [-0.1, -0.05) is 54.6 Å². The second-order valence-electron chi connectivity index (χ2n) is 9.20. The van der Waals surface area contributed by atoms with E-state index in [0.717, 1.165) is 16.7 Å². The zero-order valence-electron chi connectivity index (χ0n) is 21.5. The molecule has 0 radical (unpaired) electrons. The van der Waals surface area contributed by atoms with E-state index in [4.69, 9.17) is 19.6 Å². The molecule has 38 heavy (non-hydrogen) atoms. The Morgan fingerprint density at radius 2 is 1.92 bits per heavy atom. The molecule has 4 rings (SSSR count). The monoisotopic (exact) mass is 516 g/mol. The smallest absolute Gasteiger partial charge is 0.252 e. The van der Waals surface area contributed by atoms with Crippen molar-refractivity contribution in [1.29, 1.82) is 0 Å². The van der Waals surface area contributed by atoms with Crippen LogP contribution < -0.4 is 10.1 Å². The average Bonchev–Trinajstić information content (AvgIpc) is 3.27. The topological polar surface area (TPSA) is 80.2 Å². The molecule has 0 fully saturated rings. The van der Waals surface area contributed by atoms with Crippen molar-refractivity contribution < 1.29 is 23.8 Å². The van der Waals surface area contributed by atoms with E-state index in [1.54, 1.807) is 6.07 Å². The van der Waals surface area contributed by atoms with Crippen molar-refractivity contribution in [2.24, 2.45) is 4.99 Å². The Labute approximate surface area is 222 Å². The number of hydrogen-bond donors (Lipinski definition) is 2. The summed E-state index contributed by atoms with van der Waals surface area (Å²) in [4.78, 5) is 18.5. The molecule has 3 aromatic rings. The van der Waals surface area contributed by atoms with E-state index >= 15 is 0 Å². The van der Waals surface area contributed by atoms with Gasteiger partial charge in [-0.2, -0.15) is 0 Å². The van der Waals surface area contributed by atoms with Crippen molar-refractivity contribution in [3.63, 3.8) is 0 Å². The quantitative estimate of drug-likeness (QED) is 0.334. The van der Waals surface area contributed by atoms with Crippen molar-refractivity contribution in [2.45, 2.75) is 37.8 Å². The van der Waals surface area contributed by atoms with Crippen LogP contribution in [0.4, 0.5) is 4.39 Å². The van der Waals surface area contributed by atoms with Gasteiger partial charge in [0, 0.05) is 31.6 Å². The molecule has 0 unspecified atom stereocenters. The van der Waals surface area contributed by atoms with Crippen LogP contribution in [0.1, 0.15) is 36.5 Å². The van der Waals surface area contributed by atoms with Gasteiger partial charge in [0.2, 0.25) is 5.90 Å². The number of aliphatic imine (C=N–C) groups is 1. The second-order valence-corrected chi connectivity index (χ2v) is 9.20. The number of rotatable bonds is 12. The van der Waals surface area contributed by atoms with Crippen LogP contribution in [-0.2, 0) is 16.0 Å². The number of aliphatic hydroxyl groups excluding tert-OH is 1. The summed E-state index contributed by atoms with van der Waals surface area (Å²) in [6, 6.07) is 23.6. The summed E-state index contributed by atoms with van der Waals surface area (Å²) in [5, 5.41) is 11.9. The number of hydrogen-bond acceptors (Lipinski definition) is 5. The zero-order chi connectivity index (χ0) is 26.8. The van der Waals surface area contributed by atoms with Crippen LogP contribution >= 0.6 is 0 Å². The summed E-state index contributed by atoms with van der Waals surface area (Å²) in [6.45, 7) is 2.71. The molecule has 3 aromatic carbocycles. The first kappa shape index (κ1) is 27.1. The molecule has 0 aromatic heterocycles. The first-order valence-corrected chi connectivity index (χ1v) is 12.8. The molecule has 1 heterocycles. The minimum absolute atomic E-state index is 0.0751. The number of nitrogens with zero attached hydrogens (tertiary/aromatic N) is 1. The summed E-state index contributed by atoms with van der Waals surface area (Å²) in [5.41, 5.74) is 1.43. The maximum atomic E-state index is 13.6. The molecule has 0 saturated carbocycles. The number of carbonyl (C=O) groups is 1. The third-order valence-corrected chi connectivity index (χ3v) is 6.45. The summed E-state index contributed by atoms with van der Waals surface area (Å²) >= 11 is 0. The van der Waals surface area contributed by atoms with Crippen LogP contribution in [0.2, 0.25) is 0 Å². The fourth-order valence-electron chi connectivity index (χ4n) is 4.29. The largest absolute Gasteiger partial charge is 0.494 e. The Morgan fingerprint density at radius 3 is 2.66 bits per heavy atom. The lowest BCUT2D eigenvalue weighted by Gasteiger charge is -2.27. The Kier molecular flexibility index (Phi) is 9.27. The molecule has 1 aliphatic rings. The molecule has 0 spiro atoms. The van der Waals surface area contributed by atoms with Gasteiger partial charge in [-0.25, -0.2) is 9.38 Å². The van der Waals surface area contributed by atoms with E-state index in [0.29, 0.717) is 44.1 Å². The van der Waals surface area contributed by atoms with E-state index < -0.39 is 11.6 Å². The number of carbonyl (C=O) groups excluding carboxylic acids is 1. The van der Waals surface area contributed by atoms with E-state index in [2.05, 4.69) is 5.32 Å². The number of aliphatic hydroxyl groups is 1. The molecule has 7 heteroatoms. The number of nitrogens with one attached hydrogen (secondary N) is 1. The van der Waals surface area contributed by atoms with Gasteiger partial charge in [0.1, 0.15) is 17.7 Å². The zero-order valence-corrected chi connectivity index (χ0v) is 21.5. The van der Waals surface area contributed by atoms with Gasteiger partial charge in [-0.3, -0.25) is 4.79 Å². The molecule has 198 valence electrons. The van der Waals surface area contributed by atoms with E-state index in [1.807, 2.05) is 79.7 Å². The Morgan fingerprint density at radius 1 is 1.13 bits per heavy atom. The van der Waals surface area contributed by atoms with Crippen molar-refractivity contribution in [3.05, 3.63) is 107 Å². The van der Waals surface area contributed by atoms with Gasteiger partial charge in [-0.15, -0.1) is 0 Å². The van der Waals surface area contributed by atoms with Crippen LogP contribution in [0.5, 0.6) is 5.75 Å². The fraction of sp³-hybridized carbons (Fsp3) is 0.290. The summed E-state index contributed by atoms with van der Waals surface area (Å²) < 4.78 is 25.3. The molecule has 1 amide bonds. The predicted molar refractivity (Wildman–Crippen MR) is 147 cm³/mol. The maximum Gasteiger partial charge on any atom is 0.252 e. The minimum Gasteiger partial charge on any atom is -0.494 e. The van der Waals surface area contributed by atoms with Crippen LogP contribution in [0.15, 0.2) is 89.9 Å². The van der Waals surface area contributed by atoms with Crippen molar-refractivity contribution in [3.8, 4) is 5.75 Å². The van der Waals surface area contributed by atoms with Crippen molar-refractivity contribution >= 4 is 17.9 Å². The van der Waals surface area contributed by atoms with Gasteiger partial charge >= 0.3 is 0 Å². The first-order chi connectivity index (χ1) is 18.5. The molecule has 0 bridgehead atoms. The average molecular weight is 517 g/mol. The molecule has 0 aliphatic carbocycles. The fourth-order valence-corrected chi connectivity index (χ4v) is 4.29. The third kappa shape index (κ3) is 6.86. The summed E-state index contributed by atoms with van der Waals surface area (Å²) in [7, 11) is 0. The van der Waals surface area contributed by atoms with Crippen LogP contribution in [0.25, 0.3) is 6.08 Å². The lowest BCUT2D eigenvalue weighted by atomic mass is 9.89. The Bertz CT molecular complexity index is 1260. The standard InChI is InChI=1S/C31H33FN2O4/c1-23-31(18-6-11-24-8-3-2-4-9-24,30(36)33-19-17-25-10-5-12-27(32)22-25)34-29(38-23)26-13-15-28(16-14-26)37-21-7-20-35/h2-6,8-16,22-23,35H,7,17-21H2,1H3,(H,33,36)/b11-6+/t23-,31-/m1/s1. The molecule has 1 aliphatic heterocycles. The third-order valence-electron chi connectivity index (χ3n) is 6.45. The molecular formula is C31H33FN2O4. The molecule has 0 saturated heterocycles. The van der Waals surface area contributed by atoms with Gasteiger partial charge in [0.25, 0.3) is 5.91 Å². The van der Waals surface area contributed by atoms with Crippen molar-refractivity contribution in [1.82, 2.24) is 5.32 Å². The van der Waals surface area contributed by atoms with Crippen LogP contribution in [0, 0.1) is 5.82 Å².